The molecule has 0 spiro atoms. The number of rotatable bonds is 3. The average molecular weight is 442 g/mol. The number of H-pyrrole nitrogens is 1. The van der Waals surface area contributed by atoms with E-state index in [9.17, 15) is 9.59 Å². The summed E-state index contributed by atoms with van der Waals surface area (Å²) in [6.07, 6.45) is 5.40. The molecule has 0 unspecified atom stereocenters. The minimum atomic E-state index is -0.153. The Hall–Kier alpha value is -3.71. The minimum absolute atomic E-state index is 0.0475. The molecule has 5 rings (SSSR count). The first-order valence-electron chi connectivity index (χ1n) is 11.2. The lowest BCUT2D eigenvalue weighted by molar-refractivity contribution is -0.110. The van der Waals surface area contributed by atoms with E-state index in [2.05, 4.69) is 27.2 Å². The van der Waals surface area contributed by atoms with Crippen LogP contribution in [-0.4, -0.2) is 64.8 Å². The van der Waals surface area contributed by atoms with Crippen molar-refractivity contribution in [1.82, 2.24) is 19.8 Å². The highest BCUT2D eigenvalue weighted by molar-refractivity contribution is 6.36. The summed E-state index contributed by atoms with van der Waals surface area (Å²) >= 11 is 0. The van der Waals surface area contributed by atoms with Gasteiger partial charge in [-0.05, 0) is 50.2 Å². The highest BCUT2D eigenvalue weighted by Gasteiger charge is 2.29. The monoisotopic (exact) mass is 441 g/mol. The minimum Gasteiger partial charge on any atom is -0.358 e. The van der Waals surface area contributed by atoms with Gasteiger partial charge in [0, 0.05) is 66.8 Å². The van der Waals surface area contributed by atoms with Gasteiger partial charge >= 0.3 is 0 Å². The summed E-state index contributed by atoms with van der Waals surface area (Å²) in [4.78, 5) is 38.0. The molecule has 2 aliphatic heterocycles. The Kier molecular flexibility index (Phi) is 5.34. The zero-order valence-corrected chi connectivity index (χ0v) is 19.1. The second kappa shape index (κ2) is 8.33. The first-order chi connectivity index (χ1) is 15.9. The molecule has 168 valence electrons. The Morgan fingerprint density at radius 1 is 1.09 bits per heavy atom. The Balaban J connectivity index is 1.55. The number of likely N-dealkylation sites (N-methyl/N-ethyl adjacent to an activating group) is 1. The highest BCUT2D eigenvalue weighted by atomic mass is 16.2. The van der Waals surface area contributed by atoms with Gasteiger partial charge in [-0.15, -0.1) is 0 Å². The lowest BCUT2D eigenvalue weighted by atomic mass is 9.95. The molecule has 2 N–H and O–H groups in total. The number of aromatic nitrogens is 2. The zero-order chi connectivity index (χ0) is 23.1. The maximum Gasteiger partial charge on any atom is 0.256 e. The molecular formula is C26H27N5O2. The second-order valence-corrected chi connectivity index (χ2v) is 8.74. The van der Waals surface area contributed by atoms with Crippen molar-refractivity contribution in [2.24, 2.45) is 0 Å². The lowest BCUT2D eigenvalue weighted by Crippen LogP contribution is -2.47. The predicted octanol–water partition coefficient (Wildman–Crippen LogP) is 3.57. The van der Waals surface area contributed by atoms with Gasteiger partial charge in [0.2, 0.25) is 0 Å². The molecule has 1 aromatic carbocycles. The van der Waals surface area contributed by atoms with Crippen LogP contribution < -0.4 is 5.32 Å². The summed E-state index contributed by atoms with van der Waals surface area (Å²) in [5.41, 5.74) is 7.27. The Labute approximate surface area is 193 Å². The van der Waals surface area contributed by atoms with Crippen LogP contribution in [0.5, 0.6) is 0 Å². The molecule has 1 saturated heterocycles. The number of aromatic amines is 1. The molecule has 0 radical (unpaired) electrons. The van der Waals surface area contributed by atoms with Crippen molar-refractivity contribution in [3.63, 3.8) is 0 Å². The number of anilines is 1. The summed E-state index contributed by atoms with van der Waals surface area (Å²) in [6.45, 7) is 7.06. The number of nitrogens with one attached hydrogen (secondary N) is 2. The maximum absolute atomic E-state index is 13.3. The molecule has 0 atom stereocenters. The normalized spacial score (nSPS) is 17.4. The summed E-state index contributed by atoms with van der Waals surface area (Å²) in [5.74, 6) is -0.105. The second-order valence-electron chi connectivity index (χ2n) is 8.74. The SMILES string of the molecule is Cc1[nH]c(C=C2C(=O)Nc3cccc(-c4cccnc4)c32)c(C)c1C(=O)N1CCN(C)CC1. The number of piperazine rings is 1. The lowest BCUT2D eigenvalue weighted by Gasteiger charge is -2.32. The highest BCUT2D eigenvalue weighted by Crippen LogP contribution is 2.40. The van der Waals surface area contributed by atoms with E-state index in [1.54, 1.807) is 12.4 Å². The summed E-state index contributed by atoms with van der Waals surface area (Å²) < 4.78 is 0. The topological polar surface area (TPSA) is 81.3 Å². The van der Waals surface area contributed by atoms with E-state index in [0.29, 0.717) is 11.1 Å². The molecule has 4 heterocycles. The molecule has 7 heteroatoms. The van der Waals surface area contributed by atoms with Crippen LogP contribution in [0.4, 0.5) is 5.69 Å². The zero-order valence-electron chi connectivity index (χ0n) is 19.1. The number of benzene rings is 1. The number of carbonyl (C=O) groups is 2. The number of fused-ring (bicyclic) bond motifs is 1. The fraction of sp³-hybridized carbons (Fsp3) is 0.269. The van der Waals surface area contributed by atoms with Gasteiger partial charge in [-0.2, -0.15) is 0 Å². The molecule has 2 aliphatic rings. The molecule has 7 nitrogen and oxygen atoms in total. The van der Waals surface area contributed by atoms with Crippen molar-refractivity contribution >= 4 is 29.2 Å². The molecule has 0 bridgehead atoms. The van der Waals surface area contributed by atoms with Gasteiger partial charge in [0.15, 0.2) is 0 Å². The smallest absolute Gasteiger partial charge is 0.256 e. The van der Waals surface area contributed by atoms with Crippen LogP contribution >= 0.6 is 0 Å². The van der Waals surface area contributed by atoms with Gasteiger partial charge in [0.25, 0.3) is 11.8 Å². The maximum atomic E-state index is 13.3. The predicted molar refractivity (Wildman–Crippen MR) is 130 cm³/mol. The average Bonchev–Trinajstić information content (AvgIpc) is 3.29. The van der Waals surface area contributed by atoms with E-state index >= 15 is 0 Å². The first kappa shape index (κ1) is 21.2. The number of amides is 2. The van der Waals surface area contributed by atoms with Crippen molar-refractivity contribution in [2.45, 2.75) is 13.8 Å². The number of pyridine rings is 1. The van der Waals surface area contributed by atoms with Gasteiger partial charge in [0.05, 0.1) is 11.1 Å². The van der Waals surface area contributed by atoms with Crippen molar-refractivity contribution in [3.8, 4) is 11.1 Å². The standard InChI is InChI=1S/C26H27N5O2/c1-16-22(28-17(2)23(16)26(33)31-12-10-30(3)11-13-31)14-20-24-19(18-6-5-9-27-15-18)7-4-8-21(24)29-25(20)32/h4-9,14-15,28H,10-13H2,1-3H3,(H,29,32). The Bertz CT molecular complexity index is 1270. The molecule has 33 heavy (non-hydrogen) atoms. The number of aryl methyl sites for hydroxylation is 1. The number of nitrogens with zero attached hydrogens (tertiary/aromatic N) is 3. The third-order valence-corrected chi connectivity index (χ3v) is 6.57. The van der Waals surface area contributed by atoms with Crippen molar-refractivity contribution in [1.29, 1.82) is 0 Å². The van der Waals surface area contributed by atoms with E-state index in [0.717, 1.165) is 65.5 Å². The Morgan fingerprint density at radius 2 is 1.88 bits per heavy atom. The molecule has 3 aromatic rings. The van der Waals surface area contributed by atoms with Gasteiger partial charge < -0.3 is 20.1 Å². The third-order valence-electron chi connectivity index (χ3n) is 6.57. The molecule has 0 aliphatic carbocycles. The molecule has 2 aromatic heterocycles. The number of carbonyl (C=O) groups excluding carboxylic acids is 2. The fourth-order valence-corrected chi connectivity index (χ4v) is 4.70. The summed E-state index contributed by atoms with van der Waals surface area (Å²) in [7, 11) is 2.07. The van der Waals surface area contributed by atoms with Crippen molar-refractivity contribution in [2.75, 3.05) is 38.5 Å². The number of hydrogen-bond acceptors (Lipinski definition) is 4. The molecular weight excluding hydrogens is 414 g/mol. The largest absolute Gasteiger partial charge is 0.358 e. The summed E-state index contributed by atoms with van der Waals surface area (Å²) in [5, 5.41) is 2.98. The fourth-order valence-electron chi connectivity index (χ4n) is 4.70. The van der Waals surface area contributed by atoms with E-state index in [1.807, 2.05) is 55.2 Å². The van der Waals surface area contributed by atoms with Gasteiger partial charge in [-0.3, -0.25) is 14.6 Å². The van der Waals surface area contributed by atoms with Crippen molar-refractivity contribution in [3.05, 3.63) is 70.8 Å². The van der Waals surface area contributed by atoms with Gasteiger partial charge in [0.1, 0.15) is 0 Å². The first-order valence-corrected chi connectivity index (χ1v) is 11.2. The van der Waals surface area contributed by atoms with Crippen LogP contribution in [0.3, 0.4) is 0 Å². The van der Waals surface area contributed by atoms with E-state index in [4.69, 9.17) is 0 Å². The van der Waals surface area contributed by atoms with Crippen LogP contribution in [0.2, 0.25) is 0 Å². The molecule has 1 fully saturated rings. The third kappa shape index (κ3) is 3.74. The molecule has 0 saturated carbocycles. The Morgan fingerprint density at radius 3 is 2.61 bits per heavy atom. The van der Waals surface area contributed by atoms with Crippen LogP contribution in [0, 0.1) is 13.8 Å². The molecule has 2 amide bonds. The van der Waals surface area contributed by atoms with Gasteiger partial charge in [-0.25, -0.2) is 0 Å². The van der Waals surface area contributed by atoms with E-state index in [1.165, 1.54) is 0 Å². The van der Waals surface area contributed by atoms with E-state index < -0.39 is 0 Å². The van der Waals surface area contributed by atoms with Crippen LogP contribution in [0.1, 0.15) is 32.9 Å². The van der Waals surface area contributed by atoms with E-state index in [-0.39, 0.29) is 11.8 Å². The van der Waals surface area contributed by atoms with Crippen LogP contribution in [-0.2, 0) is 4.79 Å². The number of hydrogen-bond donors (Lipinski definition) is 2. The van der Waals surface area contributed by atoms with Crippen LogP contribution in [0.15, 0.2) is 42.7 Å². The van der Waals surface area contributed by atoms with Gasteiger partial charge in [-0.1, -0.05) is 18.2 Å². The summed E-state index contributed by atoms with van der Waals surface area (Å²) in [6, 6.07) is 9.71. The van der Waals surface area contributed by atoms with Crippen LogP contribution in [0.25, 0.3) is 22.8 Å². The van der Waals surface area contributed by atoms with Crippen molar-refractivity contribution < 1.29 is 9.59 Å². The quantitative estimate of drug-likeness (QED) is 0.609.